The Balaban J connectivity index is 0.000000235. The van der Waals surface area contributed by atoms with Gasteiger partial charge in [0, 0.05) is 10.8 Å². The minimum Gasteiger partial charge on any atom is -0.871 e. The molecule has 8 aromatic carbocycles. The zero-order valence-corrected chi connectivity index (χ0v) is 44.1. The summed E-state index contributed by atoms with van der Waals surface area (Å²) in [5, 5.41) is 57.7. The maximum absolute atomic E-state index is 13.3. The Labute approximate surface area is 457 Å². The van der Waals surface area contributed by atoms with E-state index in [2.05, 4.69) is 30.8 Å². The number of hydrogen-bond acceptors (Lipinski definition) is 15. The largest absolute Gasteiger partial charge is 2.00 e. The SMILES string of the molecule is COc1ccccc1N=C([O-])c1cc2ccccc2c(N=Nc2cc(C)cc(S(=O)(=O)O)c2Cl)c1[O-].COc1ccccc1NC(=O)c1cc2ccccc2c(N=Nc2cc(C)cc(S(=O)(=O)O)c2Cl)c1O.[Ca+2]. The summed E-state index contributed by atoms with van der Waals surface area (Å²) in [5.74, 6) is -1.77. The summed E-state index contributed by atoms with van der Waals surface area (Å²) in [5.41, 5.74) is 0.953. The topological polar surface area (TPSA) is 284 Å². The number of anilines is 1. The first-order valence-corrected chi connectivity index (χ1v) is 24.5. The third-order valence-electron chi connectivity index (χ3n) is 10.5. The van der Waals surface area contributed by atoms with Gasteiger partial charge in [-0.3, -0.25) is 18.9 Å². The normalized spacial score (nSPS) is 11.9. The number of phenolic OH excluding ortho intramolecular Hbond substituents is 1. The van der Waals surface area contributed by atoms with Gasteiger partial charge in [-0.1, -0.05) is 102 Å². The number of benzene rings is 8. The number of carbonyl (C=O) groups is 1. The van der Waals surface area contributed by atoms with Crippen molar-refractivity contribution in [2.75, 3.05) is 19.5 Å². The van der Waals surface area contributed by atoms with Gasteiger partial charge in [0.1, 0.15) is 44.0 Å². The van der Waals surface area contributed by atoms with Crippen molar-refractivity contribution in [2.45, 2.75) is 23.6 Å². The summed E-state index contributed by atoms with van der Waals surface area (Å²) in [6, 6.07) is 35.4. The number of aliphatic imine (C=N–C) groups is 1. The van der Waals surface area contributed by atoms with Crippen LogP contribution in [0.5, 0.6) is 23.0 Å². The van der Waals surface area contributed by atoms with Crippen LogP contribution < -0.4 is 25.0 Å². The Morgan fingerprint density at radius 2 is 1.05 bits per heavy atom. The Hall–Kier alpha value is -6.72. The maximum Gasteiger partial charge on any atom is 2.00 e. The Bertz CT molecular complexity index is 3790. The smallest absolute Gasteiger partial charge is 0.871 e. The fraction of sp³-hybridized carbons (Fsp3) is 0.0800. The zero-order valence-electron chi connectivity index (χ0n) is 38.7. The van der Waals surface area contributed by atoms with Gasteiger partial charge in [0.25, 0.3) is 26.1 Å². The third kappa shape index (κ3) is 12.7. The van der Waals surface area contributed by atoms with Crippen LogP contribution in [-0.2, 0) is 20.2 Å². The first-order chi connectivity index (χ1) is 34.2. The number of amides is 1. The molecule has 0 spiro atoms. The Morgan fingerprint density at radius 1 is 0.603 bits per heavy atom. The monoisotopic (exact) mass is 1090 g/mol. The molecular weight excluding hydrogens is 1050 g/mol. The second kappa shape index (κ2) is 23.4. The molecule has 0 aliphatic rings. The van der Waals surface area contributed by atoms with Crippen molar-refractivity contribution in [1.29, 1.82) is 0 Å². The van der Waals surface area contributed by atoms with Gasteiger partial charge in [-0.05, 0) is 108 Å². The summed E-state index contributed by atoms with van der Waals surface area (Å²) in [4.78, 5) is 16.1. The molecule has 0 saturated carbocycles. The predicted octanol–water partition coefficient (Wildman–Crippen LogP) is 11.0. The zero-order chi connectivity index (χ0) is 52.1. The van der Waals surface area contributed by atoms with Crippen molar-refractivity contribution in [3.05, 3.63) is 166 Å². The molecule has 0 fully saturated rings. The number of aromatic hydroxyl groups is 1. The second-order valence-corrected chi connectivity index (χ2v) is 19.0. The standard InChI is InChI=1S/2C25H20ClN3O6S.Ca/c2*1-14-11-19(22(26)21(12-14)36(32,33)34)28-29-23-16-8-4-3-7-15(16)13-17(24(23)30)25(31)27-18-9-5-6-10-20(18)35-2;/h2*3-13,30H,1-2H3,(H,27,31)(H,32,33,34);/q;;+2/p-2. The van der Waals surface area contributed by atoms with E-state index in [1.165, 1.54) is 50.6 Å². The number of aryl methyl sites for hydroxylation is 2. The van der Waals surface area contributed by atoms with Crippen LogP contribution in [0.2, 0.25) is 10.0 Å². The number of nitrogens with zero attached hydrogens (tertiary/aromatic N) is 5. The van der Waals surface area contributed by atoms with E-state index in [0.29, 0.717) is 49.9 Å². The van der Waals surface area contributed by atoms with Gasteiger partial charge in [0.05, 0.1) is 41.2 Å². The number of carbonyl (C=O) groups excluding carboxylic acids is 1. The Kier molecular flexibility index (Phi) is 17.8. The van der Waals surface area contributed by atoms with Gasteiger partial charge in [-0.15, -0.1) is 15.3 Å². The van der Waals surface area contributed by atoms with Gasteiger partial charge >= 0.3 is 37.7 Å². The van der Waals surface area contributed by atoms with Crippen LogP contribution in [0.3, 0.4) is 0 Å². The average Bonchev–Trinajstić information content (AvgIpc) is 3.34. The molecule has 18 nitrogen and oxygen atoms in total. The fourth-order valence-electron chi connectivity index (χ4n) is 7.15. The van der Waals surface area contributed by atoms with E-state index in [0.717, 1.165) is 0 Å². The van der Waals surface area contributed by atoms with Crippen molar-refractivity contribution in [2.24, 2.45) is 25.4 Å². The van der Waals surface area contributed by atoms with E-state index >= 15 is 0 Å². The van der Waals surface area contributed by atoms with E-state index in [-0.39, 0.29) is 87.3 Å². The molecular formula is C50H38CaCl2N6O12S2. The van der Waals surface area contributed by atoms with Crippen molar-refractivity contribution in [3.63, 3.8) is 0 Å². The number of hydrogen-bond donors (Lipinski definition) is 4. The molecule has 8 rings (SSSR count). The molecule has 0 unspecified atom stereocenters. The number of para-hydroxylation sites is 4. The molecule has 368 valence electrons. The van der Waals surface area contributed by atoms with Crippen LogP contribution in [0.1, 0.15) is 27.0 Å². The summed E-state index contributed by atoms with van der Waals surface area (Å²) >= 11 is 12.3. The molecule has 8 aromatic rings. The van der Waals surface area contributed by atoms with E-state index < -0.39 is 53.3 Å². The third-order valence-corrected chi connectivity index (χ3v) is 13.3. The van der Waals surface area contributed by atoms with Crippen molar-refractivity contribution in [1.82, 2.24) is 0 Å². The maximum atomic E-state index is 13.3. The van der Waals surface area contributed by atoms with Gasteiger partial charge in [0.15, 0.2) is 5.75 Å². The molecule has 4 N–H and O–H groups in total. The number of ether oxygens (including phenoxy) is 2. The minimum absolute atomic E-state index is 0. The van der Waals surface area contributed by atoms with Crippen LogP contribution in [0, 0.1) is 13.8 Å². The number of fused-ring (bicyclic) bond motifs is 2. The van der Waals surface area contributed by atoms with E-state index in [1.807, 2.05) is 0 Å². The molecule has 0 aliphatic heterocycles. The summed E-state index contributed by atoms with van der Waals surface area (Å²) in [7, 11) is -6.31. The predicted molar refractivity (Wildman–Crippen MR) is 275 cm³/mol. The Morgan fingerprint density at radius 3 is 1.59 bits per heavy atom. The van der Waals surface area contributed by atoms with E-state index in [4.69, 9.17) is 32.7 Å². The minimum atomic E-state index is -4.62. The van der Waals surface area contributed by atoms with Crippen LogP contribution in [-0.4, -0.2) is 94.8 Å². The van der Waals surface area contributed by atoms with Crippen molar-refractivity contribution in [3.8, 4) is 23.0 Å². The fourth-order valence-corrected chi connectivity index (χ4v) is 9.36. The first kappa shape index (κ1) is 55.6. The molecule has 73 heavy (non-hydrogen) atoms. The van der Waals surface area contributed by atoms with Gasteiger partial charge < -0.3 is 30.1 Å². The van der Waals surface area contributed by atoms with Crippen LogP contribution in [0.4, 0.5) is 34.1 Å². The molecule has 0 radical (unpaired) electrons. The number of nitrogens with one attached hydrogen (secondary N) is 1. The molecule has 1 amide bonds. The molecule has 0 atom stereocenters. The second-order valence-electron chi connectivity index (χ2n) is 15.5. The van der Waals surface area contributed by atoms with Crippen molar-refractivity contribution < 1.29 is 55.5 Å². The summed E-state index contributed by atoms with van der Waals surface area (Å²) in [6.07, 6.45) is 0. The first-order valence-electron chi connectivity index (χ1n) is 20.9. The number of azo groups is 2. The van der Waals surface area contributed by atoms with E-state index in [1.54, 1.807) is 111 Å². The average molecular weight is 1090 g/mol. The van der Waals surface area contributed by atoms with Crippen LogP contribution >= 0.6 is 23.2 Å². The molecule has 23 heteroatoms. The molecule has 0 saturated heterocycles. The van der Waals surface area contributed by atoms with E-state index in [9.17, 15) is 46.1 Å². The number of halogens is 2. The quantitative estimate of drug-likeness (QED) is 0.0292. The van der Waals surface area contributed by atoms with Gasteiger partial charge in [-0.2, -0.15) is 21.9 Å². The molecule has 0 aliphatic carbocycles. The van der Waals surface area contributed by atoms with Crippen molar-refractivity contribution >= 4 is 149 Å². The molecule has 0 heterocycles. The van der Waals surface area contributed by atoms with Crippen LogP contribution in [0.15, 0.2) is 169 Å². The number of phenols is 1. The number of rotatable bonds is 12. The molecule has 0 bridgehead atoms. The summed E-state index contributed by atoms with van der Waals surface area (Å²) in [6.45, 7) is 3.18. The van der Waals surface area contributed by atoms with Crippen LogP contribution in [0.25, 0.3) is 21.5 Å². The number of methoxy groups -OCH3 is 2. The van der Waals surface area contributed by atoms with Gasteiger partial charge in [0.2, 0.25) is 0 Å². The van der Waals surface area contributed by atoms with Gasteiger partial charge in [-0.25, -0.2) is 0 Å². The molecule has 0 aromatic heterocycles. The summed E-state index contributed by atoms with van der Waals surface area (Å²) < 4.78 is 76.1.